The SMILES string of the molecule is CC(OCC1CCOC1)C(=O)c1cccc(Cl)c1. The molecule has 1 heterocycles. The van der Waals surface area contributed by atoms with E-state index in [-0.39, 0.29) is 5.78 Å². The molecule has 1 aromatic carbocycles. The number of halogens is 1. The van der Waals surface area contributed by atoms with Crippen LogP contribution in [-0.4, -0.2) is 31.7 Å². The van der Waals surface area contributed by atoms with Crippen LogP contribution in [0.25, 0.3) is 0 Å². The summed E-state index contributed by atoms with van der Waals surface area (Å²) in [6.45, 7) is 3.88. The van der Waals surface area contributed by atoms with Gasteiger partial charge in [0.05, 0.1) is 13.2 Å². The molecule has 1 saturated heterocycles. The van der Waals surface area contributed by atoms with Crippen molar-refractivity contribution in [2.45, 2.75) is 19.4 Å². The Balaban J connectivity index is 1.87. The Bertz CT molecular complexity index is 413. The average molecular weight is 269 g/mol. The molecule has 18 heavy (non-hydrogen) atoms. The van der Waals surface area contributed by atoms with Crippen molar-refractivity contribution in [2.75, 3.05) is 19.8 Å². The minimum atomic E-state index is -0.441. The van der Waals surface area contributed by atoms with Gasteiger partial charge >= 0.3 is 0 Å². The number of hydrogen-bond acceptors (Lipinski definition) is 3. The number of carbonyl (C=O) groups excluding carboxylic acids is 1. The summed E-state index contributed by atoms with van der Waals surface area (Å²) in [5, 5.41) is 0.567. The number of rotatable bonds is 5. The fourth-order valence-electron chi connectivity index (χ4n) is 1.95. The molecule has 1 aromatic rings. The maximum absolute atomic E-state index is 12.1. The lowest BCUT2D eigenvalue weighted by molar-refractivity contribution is 0.0322. The van der Waals surface area contributed by atoms with Gasteiger partial charge in [0.2, 0.25) is 0 Å². The standard InChI is InChI=1S/C14H17ClO3/c1-10(18-9-11-5-6-17-8-11)14(16)12-3-2-4-13(15)7-12/h2-4,7,10-11H,5-6,8-9H2,1H3. The molecule has 0 amide bonds. The smallest absolute Gasteiger partial charge is 0.191 e. The molecule has 0 bridgehead atoms. The Morgan fingerprint density at radius 2 is 2.44 bits per heavy atom. The first-order valence-electron chi connectivity index (χ1n) is 6.16. The Morgan fingerprint density at radius 1 is 1.61 bits per heavy atom. The number of carbonyl (C=O) groups is 1. The molecular weight excluding hydrogens is 252 g/mol. The summed E-state index contributed by atoms with van der Waals surface area (Å²) < 4.78 is 10.9. The van der Waals surface area contributed by atoms with Gasteiger partial charge in [0.15, 0.2) is 5.78 Å². The molecule has 1 aliphatic rings. The lowest BCUT2D eigenvalue weighted by Crippen LogP contribution is -2.24. The summed E-state index contributed by atoms with van der Waals surface area (Å²) >= 11 is 5.86. The van der Waals surface area contributed by atoms with Gasteiger partial charge in [-0.25, -0.2) is 0 Å². The second-order valence-corrected chi connectivity index (χ2v) is 5.02. The first-order valence-corrected chi connectivity index (χ1v) is 6.53. The van der Waals surface area contributed by atoms with E-state index in [4.69, 9.17) is 21.1 Å². The van der Waals surface area contributed by atoms with Crippen molar-refractivity contribution in [1.29, 1.82) is 0 Å². The summed E-state index contributed by atoms with van der Waals surface area (Å²) in [5.41, 5.74) is 0.595. The second-order valence-electron chi connectivity index (χ2n) is 4.58. The molecule has 0 saturated carbocycles. The van der Waals surface area contributed by atoms with Crippen LogP contribution in [0.4, 0.5) is 0 Å². The normalized spacial score (nSPS) is 20.9. The molecule has 0 radical (unpaired) electrons. The molecule has 0 aliphatic carbocycles. The van der Waals surface area contributed by atoms with Crippen molar-refractivity contribution in [3.8, 4) is 0 Å². The van der Waals surface area contributed by atoms with E-state index in [1.54, 1.807) is 31.2 Å². The van der Waals surface area contributed by atoms with Gasteiger partial charge in [-0.2, -0.15) is 0 Å². The van der Waals surface area contributed by atoms with E-state index >= 15 is 0 Å². The van der Waals surface area contributed by atoms with Crippen LogP contribution in [-0.2, 0) is 9.47 Å². The zero-order valence-corrected chi connectivity index (χ0v) is 11.2. The van der Waals surface area contributed by atoms with E-state index in [1.807, 2.05) is 0 Å². The summed E-state index contributed by atoms with van der Waals surface area (Å²) in [7, 11) is 0. The van der Waals surface area contributed by atoms with E-state index in [2.05, 4.69) is 0 Å². The molecular formula is C14H17ClO3. The number of benzene rings is 1. The van der Waals surface area contributed by atoms with Gasteiger partial charge in [-0.1, -0.05) is 23.7 Å². The molecule has 0 N–H and O–H groups in total. The molecule has 1 fully saturated rings. The van der Waals surface area contributed by atoms with Gasteiger partial charge in [0.25, 0.3) is 0 Å². The van der Waals surface area contributed by atoms with Crippen LogP contribution in [0.1, 0.15) is 23.7 Å². The van der Waals surface area contributed by atoms with Crippen LogP contribution in [0.5, 0.6) is 0 Å². The van der Waals surface area contributed by atoms with Crippen molar-refractivity contribution in [3.63, 3.8) is 0 Å². The van der Waals surface area contributed by atoms with Gasteiger partial charge in [-0.3, -0.25) is 4.79 Å². The lowest BCUT2D eigenvalue weighted by Gasteiger charge is -2.14. The summed E-state index contributed by atoms with van der Waals surface area (Å²) in [6, 6.07) is 6.95. The molecule has 98 valence electrons. The van der Waals surface area contributed by atoms with Crippen LogP contribution in [0.2, 0.25) is 5.02 Å². The molecule has 1 aliphatic heterocycles. The van der Waals surface area contributed by atoms with E-state index < -0.39 is 6.10 Å². The minimum absolute atomic E-state index is 0.0311. The maximum Gasteiger partial charge on any atom is 0.191 e. The molecule has 0 aromatic heterocycles. The number of ketones is 1. The third kappa shape index (κ3) is 3.55. The van der Waals surface area contributed by atoms with E-state index in [1.165, 1.54) is 0 Å². The van der Waals surface area contributed by atoms with E-state index in [9.17, 15) is 4.79 Å². The van der Waals surface area contributed by atoms with Crippen molar-refractivity contribution < 1.29 is 14.3 Å². The highest BCUT2D eigenvalue weighted by molar-refractivity contribution is 6.31. The third-order valence-corrected chi connectivity index (χ3v) is 3.32. The van der Waals surface area contributed by atoms with E-state index in [0.717, 1.165) is 19.6 Å². The van der Waals surface area contributed by atoms with Crippen LogP contribution in [0.3, 0.4) is 0 Å². The van der Waals surface area contributed by atoms with Gasteiger partial charge in [0.1, 0.15) is 6.10 Å². The Labute approximate surface area is 112 Å². The van der Waals surface area contributed by atoms with Crippen molar-refractivity contribution in [3.05, 3.63) is 34.9 Å². The van der Waals surface area contributed by atoms with Crippen LogP contribution in [0, 0.1) is 5.92 Å². The Kier molecular flexibility index (Phi) is 4.75. The third-order valence-electron chi connectivity index (χ3n) is 3.08. The first-order chi connectivity index (χ1) is 8.66. The number of Topliss-reactive ketones (excluding diaryl/α,β-unsaturated/α-hetero) is 1. The van der Waals surface area contributed by atoms with Crippen LogP contribution >= 0.6 is 11.6 Å². The summed E-state index contributed by atoms with van der Waals surface area (Å²) in [5.74, 6) is 0.385. The first kappa shape index (κ1) is 13.5. The summed E-state index contributed by atoms with van der Waals surface area (Å²) in [6.07, 6.45) is 0.571. The van der Waals surface area contributed by atoms with Gasteiger partial charge in [-0.15, -0.1) is 0 Å². The van der Waals surface area contributed by atoms with Crippen LogP contribution in [0.15, 0.2) is 24.3 Å². The molecule has 2 unspecified atom stereocenters. The predicted octanol–water partition coefficient (Wildman–Crippen LogP) is 2.96. The molecule has 4 heteroatoms. The van der Waals surface area contributed by atoms with Crippen molar-refractivity contribution in [2.24, 2.45) is 5.92 Å². The topological polar surface area (TPSA) is 35.5 Å². The fourth-order valence-corrected chi connectivity index (χ4v) is 2.14. The molecule has 2 atom stereocenters. The van der Waals surface area contributed by atoms with Gasteiger partial charge < -0.3 is 9.47 Å². The summed E-state index contributed by atoms with van der Waals surface area (Å²) in [4.78, 5) is 12.1. The van der Waals surface area contributed by atoms with Crippen LogP contribution < -0.4 is 0 Å². The lowest BCUT2D eigenvalue weighted by atomic mass is 10.1. The van der Waals surface area contributed by atoms with Crippen molar-refractivity contribution >= 4 is 17.4 Å². The quantitative estimate of drug-likeness (QED) is 0.770. The zero-order valence-electron chi connectivity index (χ0n) is 10.4. The Hall–Kier alpha value is -0.900. The Morgan fingerprint density at radius 3 is 3.11 bits per heavy atom. The average Bonchev–Trinajstić information content (AvgIpc) is 2.88. The highest BCUT2D eigenvalue weighted by Gasteiger charge is 2.20. The van der Waals surface area contributed by atoms with Crippen molar-refractivity contribution in [1.82, 2.24) is 0 Å². The molecule has 2 rings (SSSR count). The fraction of sp³-hybridized carbons (Fsp3) is 0.500. The number of hydrogen-bond donors (Lipinski definition) is 0. The minimum Gasteiger partial charge on any atom is -0.381 e. The molecule has 0 spiro atoms. The maximum atomic E-state index is 12.1. The predicted molar refractivity (Wildman–Crippen MR) is 70.1 cm³/mol. The van der Waals surface area contributed by atoms with Gasteiger partial charge in [-0.05, 0) is 25.5 Å². The number of ether oxygens (including phenoxy) is 2. The highest BCUT2D eigenvalue weighted by atomic mass is 35.5. The monoisotopic (exact) mass is 268 g/mol. The zero-order chi connectivity index (χ0) is 13.0. The van der Waals surface area contributed by atoms with Gasteiger partial charge in [0, 0.05) is 23.1 Å². The highest BCUT2D eigenvalue weighted by Crippen LogP contribution is 2.16. The van der Waals surface area contributed by atoms with E-state index in [0.29, 0.717) is 23.1 Å². The molecule has 3 nitrogen and oxygen atoms in total. The second kappa shape index (κ2) is 6.32. The largest absolute Gasteiger partial charge is 0.381 e.